The Balaban J connectivity index is 0.00000280. The van der Waals surface area contributed by atoms with Crippen molar-refractivity contribution < 1.29 is 57.5 Å². The fraction of sp³-hybridized carbons (Fsp3) is 0.853. The molecule has 3 unspecified atom stereocenters. The minimum atomic E-state index is -0.173. The summed E-state index contributed by atoms with van der Waals surface area (Å²) < 4.78 is 6.30. The van der Waals surface area contributed by atoms with Gasteiger partial charge in [-0.05, 0) is 97.7 Å². The number of rotatable bonds is 13. The first-order valence-electron chi connectivity index (χ1n) is 15.8. The van der Waals surface area contributed by atoms with Gasteiger partial charge in [0.1, 0.15) is 0 Å². The van der Waals surface area contributed by atoms with Gasteiger partial charge >= 0.3 is 37.7 Å². The first-order chi connectivity index (χ1) is 18.1. The molecule has 1 N–H and O–H groups in total. The largest absolute Gasteiger partial charge is 1.00 e. The van der Waals surface area contributed by atoms with Gasteiger partial charge in [0, 0.05) is 18.9 Å². The molecule has 0 heterocycles. The molecule has 8 atom stereocenters. The topological polar surface area (TPSA) is 76.6 Å². The predicted molar refractivity (Wildman–Crippen MR) is 157 cm³/mol. The summed E-state index contributed by atoms with van der Waals surface area (Å²) in [4.78, 5) is 24.0. The van der Waals surface area contributed by atoms with Crippen molar-refractivity contribution >= 4 is 12.1 Å². The third-order valence-electron chi connectivity index (χ3n) is 11.7. The van der Waals surface area contributed by atoms with Crippen molar-refractivity contribution in [1.82, 2.24) is 4.90 Å². The summed E-state index contributed by atoms with van der Waals surface area (Å²) in [6, 6.07) is 0. The summed E-state index contributed by atoms with van der Waals surface area (Å²) in [5.41, 5.74) is 2.53. The first-order valence-corrected chi connectivity index (χ1v) is 15.8. The van der Waals surface area contributed by atoms with Crippen LogP contribution in [0.15, 0.2) is 11.6 Å². The summed E-state index contributed by atoms with van der Waals surface area (Å²) in [5.74, 6) is 5.03. The van der Waals surface area contributed by atoms with Gasteiger partial charge in [-0.15, -0.1) is 0 Å². The van der Waals surface area contributed by atoms with Crippen LogP contribution in [0.3, 0.4) is 0 Å². The van der Waals surface area contributed by atoms with Crippen molar-refractivity contribution in [2.75, 3.05) is 26.2 Å². The zero-order valence-electron chi connectivity index (χ0n) is 27.6. The average Bonchev–Trinajstić information content (AvgIpc) is 3.21. The molecular formula is C34H56Li2NO4-. The number of ether oxygens (including phenoxy) is 1. The number of carbonyl (C=O) groups excluding carboxylic acids is 2. The van der Waals surface area contributed by atoms with Crippen molar-refractivity contribution in [3.05, 3.63) is 18.6 Å². The summed E-state index contributed by atoms with van der Waals surface area (Å²) in [6.07, 6.45) is 19.4. The second-order valence-electron chi connectivity index (χ2n) is 14.4. The van der Waals surface area contributed by atoms with Gasteiger partial charge in [0.05, 0.1) is 12.7 Å². The first kappa shape index (κ1) is 39.0. The molecule has 0 radical (unpaired) electrons. The zero-order chi connectivity index (χ0) is 27.5. The number of nitrogens with zero attached hydrogens (tertiary/aromatic N) is 1. The molecule has 0 aromatic carbocycles. The van der Waals surface area contributed by atoms with Gasteiger partial charge in [-0.25, -0.2) is 6.29 Å². The van der Waals surface area contributed by atoms with Gasteiger partial charge in [0.25, 0.3) is 0 Å². The minimum Gasteiger partial charge on any atom is -0.870 e. The Morgan fingerprint density at radius 2 is 1.83 bits per heavy atom. The molecular weight excluding hydrogens is 500 g/mol. The molecule has 4 aliphatic rings. The fourth-order valence-electron chi connectivity index (χ4n) is 9.70. The number of hydrogen-bond acceptors (Lipinski definition) is 5. The van der Waals surface area contributed by atoms with Crippen LogP contribution in [-0.2, 0) is 14.3 Å². The number of ketones is 1. The van der Waals surface area contributed by atoms with Gasteiger partial charge in [-0.3, -0.25) is 0 Å². The van der Waals surface area contributed by atoms with Crippen molar-refractivity contribution in [1.29, 1.82) is 0 Å². The van der Waals surface area contributed by atoms with Gasteiger partial charge < -0.3 is 31.6 Å². The molecule has 5 nitrogen and oxygen atoms in total. The van der Waals surface area contributed by atoms with Crippen LogP contribution in [0, 0.1) is 53.3 Å². The molecule has 4 rings (SSSR count). The van der Waals surface area contributed by atoms with E-state index in [1.54, 1.807) is 10.5 Å². The molecule has 0 saturated heterocycles. The van der Waals surface area contributed by atoms with E-state index in [2.05, 4.69) is 47.6 Å². The molecule has 4 aliphatic carbocycles. The Kier molecular flexibility index (Phi) is 16.1. The molecule has 0 aliphatic heterocycles. The number of hydrogen-bond donors (Lipinski definition) is 0. The Hall–Kier alpha value is 0.0248. The maximum absolute atomic E-state index is 11.4. The SMILES string of the molecule is [CH2-]C(=O)CN(C[C-]=O)CCO[C@H]1CC[C@@]2(C)C(=CCC3C2CC[C@@]2(C)C3CC[C@@H]2[C@H](C)CCCC(C)C)C1.[Li+].[Li+].[OH-]. The number of carbonyl (C=O) groups is 1. The van der Waals surface area contributed by atoms with Crippen LogP contribution >= 0.6 is 0 Å². The number of allylic oxidation sites excluding steroid dienone is 1. The normalized spacial score (nSPS) is 34.6. The predicted octanol–water partition coefficient (Wildman–Crippen LogP) is 1.06. The smallest absolute Gasteiger partial charge is 0.870 e. The van der Waals surface area contributed by atoms with Gasteiger partial charge in [-0.1, -0.05) is 72.1 Å². The van der Waals surface area contributed by atoms with Crippen LogP contribution < -0.4 is 37.7 Å². The maximum Gasteiger partial charge on any atom is 1.00 e. The molecule has 0 aromatic heterocycles. The van der Waals surface area contributed by atoms with Gasteiger partial charge in [-0.2, -0.15) is 0 Å². The van der Waals surface area contributed by atoms with Crippen LogP contribution in [0.4, 0.5) is 0 Å². The average molecular weight is 557 g/mol. The van der Waals surface area contributed by atoms with E-state index in [9.17, 15) is 9.59 Å². The van der Waals surface area contributed by atoms with E-state index >= 15 is 0 Å². The zero-order valence-corrected chi connectivity index (χ0v) is 27.6. The van der Waals surface area contributed by atoms with Crippen LogP contribution in [-0.4, -0.2) is 54.8 Å². The van der Waals surface area contributed by atoms with E-state index in [0.29, 0.717) is 24.0 Å². The van der Waals surface area contributed by atoms with Crippen molar-refractivity contribution in [3.63, 3.8) is 0 Å². The summed E-state index contributed by atoms with van der Waals surface area (Å²) in [7, 11) is 0. The second-order valence-corrected chi connectivity index (χ2v) is 14.4. The van der Waals surface area contributed by atoms with Crippen molar-refractivity contribution in [2.24, 2.45) is 46.3 Å². The molecule has 0 spiro atoms. The molecule has 41 heavy (non-hydrogen) atoms. The molecule has 3 saturated carbocycles. The van der Waals surface area contributed by atoms with Crippen molar-refractivity contribution in [2.45, 2.75) is 111 Å². The monoisotopic (exact) mass is 556 g/mol. The van der Waals surface area contributed by atoms with E-state index in [0.717, 1.165) is 48.3 Å². The quantitative estimate of drug-likeness (QED) is 0.193. The van der Waals surface area contributed by atoms with Crippen LogP contribution in [0.25, 0.3) is 0 Å². The third-order valence-corrected chi connectivity index (χ3v) is 11.7. The number of fused-ring (bicyclic) bond motifs is 5. The van der Waals surface area contributed by atoms with Crippen LogP contribution in [0.5, 0.6) is 0 Å². The van der Waals surface area contributed by atoms with Crippen molar-refractivity contribution in [3.8, 4) is 0 Å². The van der Waals surface area contributed by atoms with Crippen LogP contribution in [0.1, 0.15) is 105 Å². The summed E-state index contributed by atoms with van der Waals surface area (Å²) in [5, 5.41) is 0. The van der Waals surface area contributed by atoms with E-state index < -0.39 is 0 Å². The minimum absolute atomic E-state index is 0. The van der Waals surface area contributed by atoms with Gasteiger partial charge in [0.2, 0.25) is 0 Å². The maximum atomic E-state index is 11.4. The Morgan fingerprint density at radius 3 is 2.49 bits per heavy atom. The van der Waals surface area contributed by atoms with E-state index in [4.69, 9.17) is 4.74 Å². The molecule has 7 heteroatoms. The molecule has 0 bridgehead atoms. The van der Waals surface area contributed by atoms with Gasteiger partial charge in [0.15, 0.2) is 0 Å². The van der Waals surface area contributed by atoms with E-state index in [1.165, 1.54) is 57.8 Å². The third kappa shape index (κ3) is 8.82. The number of Topliss-reactive ketones (excluding diaryl/α,β-unsaturated/α-hetero) is 1. The molecule has 0 amide bonds. The summed E-state index contributed by atoms with van der Waals surface area (Å²) >= 11 is 0. The van der Waals surface area contributed by atoms with E-state index in [1.807, 2.05) is 6.29 Å². The molecule has 224 valence electrons. The molecule has 3 fully saturated rings. The van der Waals surface area contributed by atoms with Crippen LogP contribution in [0.2, 0.25) is 0 Å². The summed E-state index contributed by atoms with van der Waals surface area (Å²) in [6.45, 7) is 17.4. The Morgan fingerprint density at radius 1 is 1.10 bits per heavy atom. The fourth-order valence-corrected chi connectivity index (χ4v) is 9.70. The molecule has 0 aromatic rings. The Bertz CT molecular complexity index is 866. The Labute approximate surface area is 275 Å². The van der Waals surface area contributed by atoms with E-state index in [-0.39, 0.29) is 68.2 Å². The standard InChI is InChI=1S/C34H55NO3.2Li.H2O/c1-24(2)8-7-9-25(3)30-12-13-31-29-11-10-27-22-28(38-21-19-35(18-20-36)23-26(4)37)14-16-33(27,5)32(29)15-17-34(30,31)6;;;/h10,24-25,28-32H,4,7-9,11-19,21-23H2,1-3,5-6H3;;;1H2/q-2;2*+1;/p-1/t25-,28+,29?,30-,31?,32?,33+,34-;;;/m1.../s1. The second kappa shape index (κ2) is 16.9.